The Morgan fingerprint density at radius 3 is 2.87 bits per heavy atom. The minimum Gasteiger partial charge on any atom is -0.381 e. The second kappa shape index (κ2) is 7.93. The molecule has 0 bridgehead atoms. The molecule has 0 aliphatic carbocycles. The lowest BCUT2D eigenvalue weighted by atomic mass is 9.98. The maximum absolute atomic E-state index is 12.7. The number of aryl methyl sites for hydroxylation is 1. The molecule has 0 radical (unpaired) electrons. The van der Waals surface area contributed by atoms with Gasteiger partial charge in [0, 0.05) is 39.3 Å². The molecule has 1 amide bonds. The summed E-state index contributed by atoms with van der Waals surface area (Å²) in [6.07, 6.45) is 3.77. The molecular formula is C19H28N2O2. The van der Waals surface area contributed by atoms with Crippen molar-refractivity contribution in [2.24, 2.45) is 5.92 Å². The SMILES string of the molecule is CCc1ccc(C2CNCCN2C(=O)CCC2CCOC2)cc1. The molecule has 2 aliphatic rings. The number of ether oxygens (including phenoxy) is 1. The fourth-order valence-corrected chi connectivity index (χ4v) is 3.56. The molecule has 0 spiro atoms. The largest absolute Gasteiger partial charge is 0.381 e. The van der Waals surface area contributed by atoms with Gasteiger partial charge in [0.1, 0.15) is 0 Å². The van der Waals surface area contributed by atoms with E-state index in [0.29, 0.717) is 18.2 Å². The van der Waals surface area contributed by atoms with Crippen molar-refractivity contribution in [1.82, 2.24) is 10.2 Å². The molecule has 2 unspecified atom stereocenters. The summed E-state index contributed by atoms with van der Waals surface area (Å²) < 4.78 is 5.41. The molecule has 0 aromatic heterocycles. The van der Waals surface area contributed by atoms with Crippen LogP contribution in [0.25, 0.3) is 0 Å². The third-order valence-corrected chi connectivity index (χ3v) is 5.13. The van der Waals surface area contributed by atoms with Crippen LogP contribution in [0, 0.1) is 5.92 Å². The first-order valence-electron chi connectivity index (χ1n) is 8.94. The molecule has 2 atom stereocenters. The predicted octanol–water partition coefficient (Wildman–Crippen LogP) is 2.54. The number of carbonyl (C=O) groups excluding carboxylic acids is 1. The highest BCUT2D eigenvalue weighted by Gasteiger charge is 2.28. The maximum atomic E-state index is 12.7. The van der Waals surface area contributed by atoms with Gasteiger partial charge in [-0.1, -0.05) is 31.2 Å². The zero-order chi connectivity index (χ0) is 16.1. The van der Waals surface area contributed by atoms with Gasteiger partial charge in [-0.05, 0) is 36.3 Å². The molecule has 2 saturated heterocycles. The van der Waals surface area contributed by atoms with Gasteiger partial charge < -0.3 is 15.0 Å². The molecule has 3 rings (SSSR count). The predicted molar refractivity (Wildman–Crippen MR) is 91.3 cm³/mol. The van der Waals surface area contributed by atoms with E-state index >= 15 is 0 Å². The first-order valence-corrected chi connectivity index (χ1v) is 8.94. The van der Waals surface area contributed by atoms with Crippen LogP contribution in [-0.4, -0.2) is 43.7 Å². The van der Waals surface area contributed by atoms with Crippen LogP contribution in [0.15, 0.2) is 24.3 Å². The van der Waals surface area contributed by atoms with E-state index in [1.54, 1.807) is 0 Å². The van der Waals surface area contributed by atoms with E-state index in [1.807, 2.05) is 0 Å². The molecule has 1 aromatic rings. The standard InChI is InChI=1S/C19H28N2O2/c1-2-15-3-6-17(7-4-15)18-13-20-10-11-21(18)19(22)8-5-16-9-12-23-14-16/h3-4,6-7,16,18,20H,2,5,8-14H2,1H3. The fraction of sp³-hybridized carbons (Fsp3) is 0.632. The molecule has 1 N–H and O–H groups in total. The number of nitrogens with zero attached hydrogens (tertiary/aromatic N) is 1. The molecule has 23 heavy (non-hydrogen) atoms. The second-order valence-electron chi connectivity index (χ2n) is 6.67. The Morgan fingerprint density at radius 1 is 1.35 bits per heavy atom. The summed E-state index contributed by atoms with van der Waals surface area (Å²) in [5.74, 6) is 0.868. The van der Waals surface area contributed by atoms with E-state index < -0.39 is 0 Å². The Kier molecular flexibility index (Phi) is 5.68. The molecule has 2 heterocycles. The summed E-state index contributed by atoms with van der Waals surface area (Å²) in [4.78, 5) is 14.8. The number of carbonyl (C=O) groups is 1. The lowest BCUT2D eigenvalue weighted by Gasteiger charge is -2.37. The third-order valence-electron chi connectivity index (χ3n) is 5.13. The van der Waals surface area contributed by atoms with Crippen LogP contribution in [0.2, 0.25) is 0 Å². The number of rotatable bonds is 5. The zero-order valence-electron chi connectivity index (χ0n) is 14.1. The van der Waals surface area contributed by atoms with Gasteiger partial charge in [-0.15, -0.1) is 0 Å². The lowest BCUT2D eigenvalue weighted by Crippen LogP contribution is -2.48. The molecule has 4 heteroatoms. The van der Waals surface area contributed by atoms with Crippen molar-refractivity contribution in [1.29, 1.82) is 0 Å². The van der Waals surface area contributed by atoms with Crippen LogP contribution in [0.3, 0.4) is 0 Å². The Morgan fingerprint density at radius 2 is 2.17 bits per heavy atom. The van der Waals surface area contributed by atoms with Crippen LogP contribution in [0.5, 0.6) is 0 Å². The summed E-state index contributed by atoms with van der Waals surface area (Å²) in [6.45, 7) is 6.40. The number of benzene rings is 1. The Bertz CT molecular complexity index is 509. The minimum absolute atomic E-state index is 0.169. The quantitative estimate of drug-likeness (QED) is 0.907. The minimum atomic E-state index is 0.169. The van der Waals surface area contributed by atoms with Gasteiger partial charge in [0.2, 0.25) is 5.91 Å². The zero-order valence-corrected chi connectivity index (χ0v) is 14.1. The van der Waals surface area contributed by atoms with Crippen molar-refractivity contribution in [3.05, 3.63) is 35.4 Å². The molecular weight excluding hydrogens is 288 g/mol. The Hall–Kier alpha value is -1.39. The van der Waals surface area contributed by atoms with E-state index in [4.69, 9.17) is 4.74 Å². The van der Waals surface area contributed by atoms with Gasteiger partial charge in [0.05, 0.1) is 6.04 Å². The third kappa shape index (κ3) is 4.12. The van der Waals surface area contributed by atoms with Crippen molar-refractivity contribution in [3.8, 4) is 0 Å². The van der Waals surface area contributed by atoms with E-state index in [-0.39, 0.29) is 6.04 Å². The number of hydrogen-bond acceptors (Lipinski definition) is 3. The summed E-state index contributed by atoms with van der Waals surface area (Å²) in [5.41, 5.74) is 2.59. The van der Waals surface area contributed by atoms with E-state index in [9.17, 15) is 4.79 Å². The highest BCUT2D eigenvalue weighted by atomic mass is 16.5. The summed E-state index contributed by atoms with van der Waals surface area (Å²) in [7, 11) is 0. The Balaban J connectivity index is 1.63. The van der Waals surface area contributed by atoms with Crippen molar-refractivity contribution >= 4 is 5.91 Å². The average Bonchev–Trinajstić information content (AvgIpc) is 3.13. The van der Waals surface area contributed by atoms with Gasteiger partial charge in [-0.2, -0.15) is 0 Å². The Labute approximate surface area is 139 Å². The van der Waals surface area contributed by atoms with Crippen molar-refractivity contribution in [2.75, 3.05) is 32.8 Å². The van der Waals surface area contributed by atoms with Crippen LogP contribution >= 0.6 is 0 Å². The fourth-order valence-electron chi connectivity index (χ4n) is 3.56. The molecule has 2 fully saturated rings. The van der Waals surface area contributed by atoms with Crippen LogP contribution < -0.4 is 5.32 Å². The van der Waals surface area contributed by atoms with Crippen molar-refractivity contribution < 1.29 is 9.53 Å². The summed E-state index contributed by atoms with van der Waals surface area (Å²) in [5, 5.41) is 3.43. The van der Waals surface area contributed by atoms with Crippen LogP contribution in [-0.2, 0) is 16.0 Å². The molecule has 0 saturated carbocycles. The summed E-state index contributed by atoms with van der Waals surface area (Å²) >= 11 is 0. The smallest absolute Gasteiger partial charge is 0.223 e. The maximum Gasteiger partial charge on any atom is 0.223 e. The van der Waals surface area contributed by atoms with E-state index in [1.165, 1.54) is 11.1 Å². The van der Waals surface area contributed by atoms with Gasteiger partial charge >= 0.3 is 0 Å². The highest BCUT2D eigenvalue weighted by Crippen LogP contribution is 2.25. The van der Waals surface area contributed by atoms with Crippen LogP contribution in [0.4, 0.5) is 0 Å². The average molecular weight is 316 g/mol. The number of nitrogens with one attached hydrogen (secondary N) is 1. The highest BCUT2D eigenvalue weighted by molar-refractivity contribution is 5.77. The monoisotopic (exact) mass is 316 g/mol. The topological polar surface area (TPSA) is 41.6 Å². The van der Waals surface area contributed by atoms with Crippen LogP contribution in [0.1, 0.15) is 43.4 Å². The number of piperazine rings is 1. The molecule has 2 aliphatic heterocycles. The molecule has 4 nitrogen and oxygen atoms in total. The van der Waals surface area contributed by atoms with Crippen molar-refractivity contribution in [3.63, 3.8) is 0 Å². The first kappa shape index (κ1) is 16.5. The van der Waals surface area contributed by atoms with Gasteiger partial charge in [0.15, 0.2) is 0 Å². The van der Waals surface area contributed by atoms with Gasteiger partial charge in [0.25, 0.3) is 0 Å². The first-order chi connectivity index (χ1) is 11.3. The van der Waals surface area contributed by atoms with Crippen molar-refractivity contribution in [2.45, 2.75) is 38.6 Å². The number of amides is 1. The van der Waals surface area contributed by atoms with E-state index in [0.717, 1.165) is 52.1 Å². The number of hydrogen-bond donors (Lipinski definition) is 1. The van der Waals surface area contributed by atoms with Gasteiger partial charge in [-0.25, -0.2) is 0 Å². The molecule has 1 aromatic carbocycles. The van der Waals surface area contributed by atoms with Gasteiger partial charge in [-0.3, -0.25) is 4.79 Å². The second-order valence-corrected chi connectivity index (χ2v) is 6.67. The lowest BCUT2D eigenvalue weighted by molar-refractivity contribution is -0.134. The summed E-state index contributed by atoms with van der Waals surface area (Å²) in [6, 6.07) is 8.90. The van der Waals surface area contributed by atoms with E-state index in [2.05, 4.69) is 41.4 Å². The molecule has 126 valence electrons. The normalized spacial score (nSPS) is 24.8.